The molecule has 0 aromatic carbocycles. The quantitative estimate of drug-likeness (QED) is 0.854. The number of aliphatic carboxylic acids is 1. The van der Waals surface area contributed by atoms with E-state index in [1.54, 1.807) is 11.8 Å². The van der Waals surface area contributed by atoms with Gasteiger partial charge < -0.3 is 5.11 Å². The van der Waals surface area contributed by atoms with E-state index >= 15 is 0 Å². The molecule has 3 aliphatic carbocycles. The average molecular weight is 288 g/mol. The first-order valence-electron chi connectivity index (χ1n) is 7.28. The van der Waals surface area contributed by atoms with Crippen molar-refractivity contribution in [2.75, 3.05) is 11.5 Å². The van der Waals surface area contributed by atoms with Gasteiger partial charge in [-0.1, -0.05) is 36.5 Å². The molecule has 0 fully saturated rings. The smallest absolute Gasteiger partial charge is 0.313 e. The number of fused-ring (bicyclic) bond motifs is 2. The molecule has 106 valence electrons. The summed E-state index contributed by atoms with van der Waals surface area (Å²) < 4.78 is 0. The zero-order valence-corrected chi connectivity index (χ0v) is 12.3. The maximum atomic E-state index is 10.7. The van der Waals surface area contributed by atoms with Crippen molar-refractivity contribution in [2.45, 2.75) is 19.3 Å². The minimum Gasteiger partial charge on any atom is -0.481 e. The Morgan fingerprint density at radius 3 is 3.05 bits per heavy atom. The van der Waals surface area contributed by atoms with Gasteiger partial charge in [-0.05, 0) is 53.9 Å². The fraction of sp³-hybridized carbons (Fsp3) is 0.471. The Labute approximate surface area is 124 Å². The molecule has 3 rings (SSSR count). The topological polar surface area (TPSA) is 37.3 Å². The molecule has 1 N–H and O–H groups in total. The van der Waals surface area contributed by atoms with E-state index in [0.29, 0.717) is 17.8 Å². The lowest BCUT2D eigenvalue weighted by Gasteiger charge is -2.38. The molecule has 0 radical (unpaired) electrons. The van der Waals surface area contributed by atoms with Crippen molar-refractivity contribution in [3.63, 3.8) is 0 Å². The highest BCUT2D eigenvalue weighted by Crippen LogP contribution is 2.44. The van der Waals surface area contributed by atoms with Gasteiger partial charge in [0.05, 0.1) is 5.75 Å². The molecule has 3 aliphatic rings. The third kappa shape index (κ3) is 2.93. The van der Waals surface area contributed by atoms with Crippen LogP contribution < -0.4 is 0 Å². The summed E-state index contributed by atoms with van der Waals surface area (Å²) >= 11 is 1.56. The Balaban J connectivity index is 1.71. The molecule has 2 nitrogen and oxygen atoms in total. The second kappa shape index (κ2) is 6.04. The van der Waals surface area contributed by atoms with Crippen LogP contribution in [0, 0.1) is 17.8 Å². The van der Waals surface area contributed by atoms with E-state index in [1.807, 2.05) is 0 Å². The van der Waals surface area contributed by atoms with Gasteiger partial charge in [0.25, 0.3) is 0 Å². The summed E-state index contributed by atoms with van der Waals surface area (Å²) in [4.78, 5) is 10.7. The molecule has 0 amide bonds. The fourth-order valence-electron chi connectivity index (χ4n) is 3.50. The number of rotatable bonds is 4. The third-order valence-electron chi connectivity index (χ3n) is 4.49. The second-order valence-corrected chi connectivity index (χ2v) is 6.85. The first-order chi connectivity index (χ1) is 9.74. The summed E-state index contributed by atoms with van der Waals surface area (Å²) in [5.74, 6) is 2.37. The van der Waals surface area contributed by atoms with Crippen molar-refractivity contribution >= 4 is 17.7 Å². The second-order valence-electron chi connectivity index (χ2n) is 5.82. The summed E-state index contributed by atoms with van der Waals surface area (Å²) in [7, 11) is 0. The van der Waals surface area contributed by atoms with Crippen LogP contribution >= 0.6 is 11.8 Å². The van der Waals surface area contributed by atoms with Crippen molar-refractivity contribution in [3.05, 3.63) is 47.6 Å². The van der Waals surface area contributed by atoms with Gasteiger partial charge in [0, 0.05) is 0 Å². The van der Waals surface area contributed by atoms with Gasteiger partial charge in [0.15, 0.2) is 0 Å². The molecule has 0 spiro atoms. The first kappa shape index (κ1) is 13.7. The summed E-state index contributed by atoms with van der Waals surface area (Å²) in [5, 5.41) is 8.77. The van der Waals surface area contributed by atoms with Crippen LogP contribution in [0.3, 0.4) is 0 Å². The predicted molar refractivity (Wildman–Crippen MR) is 83.7 cm³/mol. The van der Waals surface area contributed by atoms with Crippen LogP contribution in [-0.2, 0) is 4.79 Å². The van der Waals surface area contributed by atoms with Gasteiger partial charge in [-0.25, -0.2) is 0 Å². The Hall–Kier alpha value is -1.22. The number of thioether (sulfide) groups is 1. The van der Waals surface area contributed by atoms with E-state index < -0.39 is 5.97 Å². The van der Waals surface area contributed by atoms with Crippen molar-refractivity contribution in [1.82, 2.24) is 0 Å². The molecule has 3 unspecified atom stereocenters. The minimum absolute atomic E-state index is 0.225. The molecule has 0 bridgehead atoms. The molecular formula is C17H20O2S. The van der Waals surface area contributed by atoms with Gasteiger partial charge in [-0.3, -0.25) is 4.79 Å². The predicted octanol–water partition coefficient (Wildman–Crippen LogP) is 3.83. The van der Waals surface area contributed by atoms with Gasteiger partial charge in [0.1, 0.15) is 0 Å². The zero-order valence-electron chi connectivity index (χ0n) is 11.5. The van der Waals surface area contributed by atoms with Gasteiger partial charge in [-0.2, -0.15) is 0 Å². The molecule has 0 aromatic heterocycles. The van der Waals surface area contributed by atoms with E-state index in [-0.39, 0.29) is 5.75 Å². The van der Waals surface area contributed by atoms with E-state index in [2.05, 4.69) is 36.5 Å². The van der Waals surface area contributed by atoms with E-state index in [9.17, 15) is 4.79 Å². The lowest BCUT2D eigenvalue weighted by Crippen LogP contribution is -2.28. The number of hydrogen-bond donors (Lipinski definition) is 1. The Morgan fingerprint density at radius 1 is 1.30 bits per heavy atom. The van der Waals surface area contributed by atoms with Crippen molar-refractivity contribution < 1.29 is 9.90 Å². The molecule has 0 aromatic rings. The van der Waals surface area contributed by atoms with Gasteiger partial charge in [0.2, 0.25) is 0 Å². The Kier molecular flexibility index (Phi) is 4.16. The standard InChI is InChI=1S/C17H20O2S/c18-17(19)11-20-10-15-7-3-6-14-8-12-4-1-2-5-13(12)9-16(14)15/h1-4,6,8,13,15-16H,5,7,9-11H2,(H,18,19). The van der Waals surface area contributed by atoms with Crippen LogP contribution in [0.4, 0.5) is 0 Å². The monoisotopic (exact) mass is 288 g/mol. The highest BCUT2D eigenvalue weighted by Gasteiger charge is 2.33. The number of carbonyl (C=O) groups is 1. The summed E-state index contributed by atoms with van der Waals surface area (Å²) in [6.45, 7) is 0. The largest absolute Gasteiger partial charge is 0.481 e. The van der Waals surface area contributed by atoms with Crippen LogP contribution in [0.25, 0.3) is 0 Å². The molecule has 0 saturated heterocycles. The molecule has 3 atom stereocenters. The van der Waals surface area contributed by atoms with Crippen molar-refractivity contribution in [1.29, 1.82) is 0 Å². The number of carboxylic acids is 1. The molecular weight excluding hydrogens is 268 g/mol. The van der Waals surface area contributed by atoms with Gasteiger partial charge >= 0.3 is 5.97 Å². The van der Waals surface area contributed by atoms with Crippen LogP contribution in [-0.4, -0.2) is 22.6 Å². The fourth-order valence-corrected chi connectivity index (χ4v) is 4.46. The number of hydrogen-bond acceptors (Lipinski definition) is 2. The summed E-state index contributed by atoms with van der Waals surface area (Å²) in [6.07, 6.45) is 17.1. The summed E-state index contributed by atoms with van der Waals surface area (Å²) in [5.41, 5.74) is 2.93. The molecule has 3 heteroatoms. The number of allylic oxidation sites excluding steroid dienone is 8. The van der Waals surface area contributed by atoms with Crippen LogP contribution in [0.5, 0.6) is 0 Å². The van der Waals surface area contributed by atoms with E-state index in [0.717, 1.165) is 18.6 Å². The van der Waals surface area contributed by atoms with Gasteiger partial charge in [-0.15, -0.1) is 11.8 Å². The lowest BCUT2D eigenvalue weighted by molar-refractivity contribution is -0.133. The van der Waals surface area contributed by atoms with Crippen LogP contribution in [0.15, 0.2) is 47.6 Å². The normalized spacial score (nSPS) is 31.1. The van der Waals surface area contributed by atoms with E-state index in [1.165, 1.54) is 17.6 Å². The maximum Gasteiger partial charge on any atom is 0.313 e. The van der Waals surface area contributed by atoms with Crippen molar-refractivity contribution in [2.24, 2.45) is 17.8 Å². The Morgan fingerprint density at radius 2 is 2.20 bits per heavy atom. The molecule has 0 aliphatic heterocycles. The molecule has 0 heterocycles. The molecule has 0 saturated carbocycles. The minimum atomic E-state index is -0.705. The van der Waals surface area contributed by atoms with Crippen LogP contribution in [0.2, 0.25) is 0 Å². The Bertz CT molecular complexity index is 513. The van der Waals surface area contributed by atoms with Crippen LogP contribution in [0.1, 0.15) is 19.3 Å². The molecule has 20 heavy (non-hydrogen) atoms. The van der Waals surface area contributed by atoms with E-state index in [4.69, 9.17) is 5.11 Å². The average Bonchev–Trinajstić information content (AvgIpc) is 2.45. The highest BCUT2D eigenvalue weighted by atomic mass is 32.2. The first-order valence-corrected chi connectivity index (χ1v) is 8.44. The maximum absolute atomic E-state index is 10.7. The zero-order chi connectivity index (χ0) is 13.9. The summed E-state index contributed by atoms with van der Waals surface area (Å²) in [6, 6.07) is 0. The third-order valence-corrected chi connectivity index (χ3v) is 5.61. The highest BCUT2D eigenvalue weighted by molar-refractivity contribution is 7.99. The lowest BCUT2D eigenvalue weighted by atomic mass is 9.68. The van der Waals surface area contributed by atoms with Crippen molar-refractivity contribution in [3.8, 4) is 0 Å². The SMILES string of the molecule is O=C(O)CSCC1CC=CC2=CC3=CC=CCC3CC21. The number of carboxylic acid groups (broad SMARTS) is 1.